The van der Waals surface area contributed by atoms with E-state index in [9.17, 15) is 13.2 Å². The van der Waals surface area contributed by atoms with E-state index in [0.29, 0.717) is 24.6 Å². The van der Waals surface area contributed by atoms with Gasteiger partial charge in [-0.2, -0.15) is 18.2 Å². The topological polar surface area (TPSA) is 51.0 Å². The zero-order valence-electron chi connectivity index (χ0n) is 11.1. The van der Waals surface area contributed by atoms with Crippen LogP contribution in [0.2, 0.25) is 0 Å². The fourth-order valence-electron chi connectivity index (χ4n) is 3.13. The molecule has 1 aromatic heterocycles. The summed E-state index contributed by atoms with van der Waals surface area (Å²) in [5, 5.41) is 7.25. The fraction of sp³-hybridized carbons (Fsp3) is 0.846. The summed E-state index contributed by atoms with van der Waals surface area (Å²) in [5.41, 5.74) is 0. The average molecular weight is 289 g/mol. The van der Waals surface area contributed by atoms with Gasteiger partial charge in [0.05, 0.1) is 12.0 Å². The summed E-state index contributed by atoms with van der Waals surface area (Å²) in [5.74, 6) is -0.0290. The minimum Gasteiger partial charge on any atom is -0.339 e. The number of aromatic nitrogens is 2. The molecule has 20 heavy (non-hydrogen) atoms. The van der Waals surface area contributed by atoms with E-state index >= 15 is 0 Å². The van der Waals surface area contributed by atoms with Gasteiger partial charge in [0.15, 0.2) is 5.82 Å². The zero-order chi connectivity index (χ0) is 14.2. The van der Waals surface area contributed by atoms with Crippen LogP contribution in [0.1, 0.15) is 62.2 Å². The first-order valence-electron chi connectivity index (χ1n) is 7.17. The molecule has 2 fully saturated rings. The molecule has 3 rings (SSSR count). The van der Waals surface area contributed by atoms with Crippen LogP contribution in [0, 0.1) is 5.92 Å². The summed E-state index contributed by atoms with van der Waals surface area (Å²) in [7, 11) is 0. The number of alkyl halides is 3. The van der Waals surface area contributed by atoms with E-state index < -0.39 is 12.1 Å². The van der Waals surface area contributed by atoms with Crippen molar-refractivity contribution in [3.05, 3.63) is 11.7 Å². The maximum absolute atomic E-state index is 12.6. The first-order valence-corrected chi connectivity index (χ1v) is 7.17. The number of hydrogen-bond acceptors (Lipinski definition) is 4. The second kappa shape index (κ2) is 5.35. The quantitative estimate of drug-likeness (QED) is 0.907. The lowest BCUT2D eigenvalue weighted by Gasteiger charge is -2.27. The number of rotatable bonds is 2. The van der Waals surface area contributed by atoms with Crippen molar-refractivity contribution in [2.75, 3.05) is 6.54 Å². The van der Waals surface area contributed by atoms with Gasteiger partial charge in [-0.25, -0.2) is 0 Å². The highest BCUT2D eigenvalue weighted by Gasteiger charge is 2.42. The van der Waals surface area contributed by atoms with Crippen LogP contribution in [-0.2, 0) is 0 Å². The molecule has 0 bridgehead atoms. The van der Waals surface area contributed by atoms with Crippen molar-refractivity contribution in [1.82, 2.24) is 15.5 Å². The van der Waals surface area contributed by atoms with Gasteiger partial charge in [0, 0.05) is 5.92 Å². The summed E-state index contributed by atoms with van der Waals surface area (Å²) < 4.78 is 43.1. The smallest absolute Gasteiger partial charge is 0.339 e. The summed E-state index contributed by atoms with van der Waals surface area (Å²) in [6.45, 7) is 0.950. The van der Waals surface area contributed by atoms with Gasteiger partial charge >= 0.3 is 6.18 Å². The molecule has 4 nitrogen and oxygen atoms in total. The van der Waals surface area contributed by atoms with Gasteiger partial charge in [0.2, 0.25) is 5.89 Å². The molecule has 1 saturated heterocycles. The van der Waals surface area contributed by atoms with Crippen molar-refractivity contribution in [3.63, 3.8) is 0 Å². The second-order valence-corrected chi connectivity index (χ2v) is 5.73. The molecule has 1 aliphatic heterocycles. The summed E-state index contributed by atoms with van der Waals surface area (Å²) in [6, 6.07) is 0.138. The summed E-state index contributed by atoms with van der Waals surface area (Å²) in [4.78, 5) is 4.38. The minimum absolute atomic E-state index is 0.0174. The Bertz CT molecular complexity index is 446. The van der Waals surface area contributed by atoms with Crippen LogP contribution >= 0.6 is 0 Å². The zero-order valence-corrected chi connectivity index (χ0v) is 11.1. The Kier molecular flexibility index (Phi) is 3.70. The van der Waals surface area contributed by atoms with E-state index in [-0.39, 0.29) is 24.8 Å². The van der Waals surface area contributed by atoms with Gasteiger partial charge in [0.25, 0.3) is 0 Å². The molecule has 0 spiro atoms. The van der Waals surface area contributed by atoms with Gasteiger partial charge < -0.3 is 9.84 Å². The Morgan fingerprint density at radius 1 is 1.10 bits per heavy atom. The van der Waals surface area contributed by atoms with Gasteiger partial charge in [-0.3, -0.25) is 0 Å². The SMILES string of the molecule is FC(F)(F)C1CCC(c2nc(C3CCCN3)no2)CC1. The molecule has 1 aromatic rings. The third kappa shape index (κ3) is 2.82. The maximum Gasteiger partial charge on any atom is 0.391 e. The highest BCUT2D eigenvalue weighted by Crippen LogP contribution is 2.42. The number of halogens is 3. The Morgan fingerprint density at radius 2 is 1.85 bits per heavy atom. The molecule has 1 N–H and O–H groups in total. The van der Waals surface area contributed by atoms with E-state index in [1.807, 2.05) is 0 Å². The largest absolute Gasteiger partial charge is 0.391 e. The highest BCUT2D eigenvalue weighted by atomic mass is 19.4. The van der Waals surface area contributed by atoms with Crippen LogP contribution in [0.15, 0.2) is 4.52 Å². The van der Waals surface area contributed by atoms with E-state index in [2.05, 4.69) is 15.5 Å². The number of nitrogens with one attached hydrogen (secondary N) is 1. The maximum atomic E-state index is 12.6. The molecule has 1 unspecified atom stereocenters. The third-order valence-electron chi connectivity index (χ3n) is 4.37. The lowest BCUT2D eigenvalue weighted by molar-refractivity contribution is -0.182. The third-order valence-corrected chi connectivity index (χ3v) is 4.37. The molecule has 2 heterocycles. The van der Waals surface area contributed by atoms with E-state index in [1.165, 1.54) is 0 Å². The Labute approximate surface area is 115 Å². The standard InChI is InChI=1S/C13H18F3N3O/c14-13(15,16)9-5-3-8(4-6-9)12-18-11(19-20-12)10-2-1-7-17-10/h8-10,17H,1-7H2. The summed E-state index contributed by atoms with van der Waals surface area (Å²) in [6.07, 6.45) is -0.724. The van der Waals surface area contributed by atoms with Crippen molar-refractivity contribution >= 4 is 0 Å². The predicted octanol–water partition coefficient (Wildman–Crippen LogP) is 3.33. The molecule has 0 radical (unpaired) electrons. The molecule has 1 atom stereocenters. The molecular formula is C13H18F3N3O. The highest BCUT2D eigenvalue weighted by molar-refractivity contribution is 5.01. The monoisotopic (exact) mass is 289 g/mol. The van der Waals surface area contributed by atoms with Crippen molar-refractivity contribution in [2.45, 2.75) is 56.7 Å². The van der Waals surface area contributed by atoms with Crippen LogP contribution in [0.25, 0.3) is 0 Å². The molecule has 2 aliphatic rings. The van der Waals surface area contributed by atoms with Crippen LogP contribution < -0.4 is 5.32 Å². The van der Waals surface area contributed by atoms with Crippen molar-refractivity contribution in [3.8, 4) is 0 Å². The molecule has 0 amide bonds. The van der Waals surface area contributed by atoms with Gasteiger partial charge in [-0.1, -0.05) is 5.16 Å². The predicted molar refractivity (Wildman–Crippen MR) is 65.0 cm³/mol. The fourth-order valence-corrected chi connectivity index (χ4v) is 3.13. The van der Waals surface area contributed by atoms with Crippen LogP contribution in [0.4, 0.5) is 13.2 Å². The number of nitrogens with zero attached hydrogens (tertiary/aromatic N) is 2. The molecular weight excluding hydrogens is 271 g/mol. The van der Waals surface area contributed by atoms with Gasteiger partial charge in [-0.05, 0) is 45.1 Å². The van der Waals surface area contributed by atoms with Crippen LogP contribution in [0.5, 0.6) is 0 Å². The Hall–Kier alpha value is -1.11. The van der Waals surface area contributed by atoms with Crippen LogP contribution in [-0.4, -0.2) is 22.9 Å². The van der Waals surface area contributed by atoms with Crippen molar-refractivity contribution in [2.24, 2.45) is 5.92 Å². The van der Waals surface area contributed by atoms with Gasteiger partial charge in [-0.15, -0.1) is 0 Å². The van der Waals surface area contributed by atoms with Crippen molar-refractivity contribution in [1.29, 1.82) is 0 Å². The van der Waals surface area contributed by atoms with E-state index in [0.717, 1.165) is 19.4 Å². The molecule has 0 aromatic carbocycles. The molecule has 112 valence electrons. The first-order chi connectivity index (χ1) is 9.54. The summed E-state index contributed by atoms with van der Waals surface area (Å²) >= 11 is 0. The first kappa shape index (κ1) is 13.9. The second-order valence-electron chi connectivity index (χ2n) is 5.73. The minimum atomic E-state index is -4.07. The van der Waals surface area contributed by atoms with Crippen molar-refractivity contribution < 1.29 is 17.7 Å². The average Bonchev–Trinajstić information content (AvgIpc) is 3.09. The van der Waals surface area contributed by atoms with E-state index in [1.54, 1.807) is 0 Å². The molecule has 1 aliphatic carbocycles. The Balaban J connectivity index is 1.61. The van der Waals surface area contributed by atoms with Crippen LogP contribution in [0.3, 0.4) is 0 Å². The molecule has 1 saturated carbocycles. The lowest BCUT2D eigenvalue weighted by atomic mass is 9.81. The van der Waals surface area contributed by atoms with E-state index in [4.69, 9.17) is 4.52 Å². The molecule has 7 heteroatoms. The Morgan fingerprint density at radius 3 is 2.45 bits per heavy atom. The lowest BCUT2D eigenvalue weighted by Crippen LogP contribution is -2.27. The number of hydrogen-bond donors (Lipinski definition) is 1. The van der Waals surface area contributed by atoms with Gasteiger partial charge in [0.1, 0.15) is 0 Å². The normalized spacial score (nSPS) is 31.6.